The fourth-order valence-electron chi connectivity index (χ4n) is 7.17. The number of hydrogen-bond donors (Lipinski definition) is 0. The van der Waals surface area contributed by atoms with Gasteiger partial charge in [0.15, 0.2) is 11.6 Å². The van der Waals surface area contributed by atoms with Crippen LogP contribution in [-0.4, -0.2) is 73.1 Å². The molecule has 0 spiro atoms. The van der Waals surface area contributed by atoms with Crippen LogP contribution in [0, 0.1) is 0 Å². The van der Waals surface area contributed by atoms with Crippen LogP contribution in [0.2, 0.25) is 0 Å². The fourth-order valence-corrected chi connectivity index (χ4v) is 7.17. The number of carbonyl (C=O) groups is 6. The molecule has 2 aliphatic rings. The highest BCUT2D eigenvalue weighted by Crippen LogP contribution is 2.34. The lowest BCUT2D eigenvalue weighted by molar-refractivity contribution is -0.141. The Morgan fingerprint density at radius 2 is 1.00 bits per heavy atom. The van der Waals surface area contributed by atoms with Crippen molar-refractivity contribution in [2.75, 3.05) is 37.7 Å². The van der Waals surface area contributed by atoms with E-state index in [2.05, 4.69) is 6.92 Å². The second kappa shape index (κ2) is 21.9. The molecule has 1 aliphatic carbocycles. The number of hydrogen-bond acceptors (Lipinski definition) is 9. The van der Waals surface area contributed by atoms with Gasteiger partial charge in [0.1, 0.15) is 13.2 Å². The molecule has 0 atom stereocenters. The van der Waals surface area contributed by atoms with E-state index in [1.54, 1.807) is 24.3 Å². The lowest BCUT2D eigenvalue weighted by Crippen LogP contribution is -2.31. The minimum Gasteiger partial charge on any atom is -0.464 e. The molecule has 0 N–H and O–H groups in total. The van der Waals surface area contributed by atoms with E-state index in [1.165, 1.54) is 114 Å². The van der Waals surface area contributed by atoms with E-state index >= 15 is 0 Å². The quantitative estimate of drug-likeness (QED) is 0.0322. The number of ketones is 2. The van der Waals surface area contributed by atoms with Crippen LogP contribution in [0.15, 0.2) is 42.0 Å². The van der Waals surface area contributed by atoms with Gasteiger partial charge in [0, 0.05) is 37.2 Å². The highest BCUT2D eigenvalue weighted by atomic mass is 16.5. The van der Waals surface area contributed by atoms with Crippen LogP contribution in [0.3, 0.4) is 0 Å². The predicted octanol–water partition coefficient (Wildman–Crippen LogP) is 8.94. The molecular formula is C44H58N2O8. The first-order valence-electron chi connectivity index (χ1n) is 20.1. The van der Waals surface area contributed by atoms with Crippen LogP contribution in [0.5, 0.6) is 0 Å². The molecule has 292 valence electrons. The van der Waals surface area contributed by atoms with Crippen LogP contribution in [0.4, 0.5) is 5.69 Å². The summed E-state index contributed by atoms with van der Waals surface area (Å²) in [7, 11) is 0. The van der Waals surface area contributed by atoms with E-state index in [9.17, 15) is 28.8 Å². The van der Waals surface area contributed by atoms with Crippen LogP contribution < -0.4 is 4.90 Å². The Bertz CT molecular complexity index is 1580. The van der Waals surface area contributed by atoms with Gasteiger partial charge in [0.25, 0.3) is 11.8 Å². The van der Waals surface area contributed by atoms with Gasteiger partial charge in [-0.15, -0.1) is 0 Å². The zero-order chi connectivity index (χ0) is 38.9. The van der Waals surface area contributed by atoms with Gasteiger partial charge >= 0.3 is 11.9 Å². The Morgan fingerprint density at radius 3 is 1.41 bits per heavy atom. The Labute approximate surface area is 320 Å². The number of amides is 2. The van der Waals surface area contributed by atoms with Crippen molar-refractivity contribution in [2.45, 2.75) is 124 Å². The molecular weight excluding hydrogens is 684 g/mol. The topological polar surface area (TPSA) is 127 Å². The van der Waals surface area contributed by atoms with Gasteiger partial charge in [0.05, 0.1) is 29.8 Å². The number of rotatable bonds is 25. The van der Waals surface area contributed by atoms with Gasteiger partial charge in [-0.05, 0) is 42.3 Å². The minimum absolute atomic E-state index is 0.0343. The van der Waals surface area contributed by atoms with E-state index < -0.39 is 35.3 Å². The van der Waals surface area contributed by atoms with Gasteiger partial charge < -0.3 is 14.4 Å². The minimum atomic E-state index is -0.484. The molecule has 0 saturated carbocycles. The molecule has 0 radical (unpaired) electrons. The number of fused-ring (bicyclic) bond motifs is 2. The van der Waals surface area contributed by atoms with Crippen LogP contribution >= 0.6 is 0 Å². The molecule has 0 aromatic heterocycles. The van der Waals surface area contributed by atoms with Crippen molar-refractivity contribution in [3.05, 3.63) is 69.8 Å². The lowest BCUT2D eigenvalue weighted by Gasteiger charge is -2.24. The second-order valence-electron chi connectivity index (χ2n) is 14.5. The second-order valence-corrected chi connectivity index (χ2v) is 14.5. The highest BCUT2D eigenvalue weighted by Gasteiger charge is 2.41. The summed E-state index contributed by atoms with van der Waals surface area (Å²) in [6.45, 7) is 6.27. The summed E-state index contributed by atoms with van der Waals surface area (Å²) < 4.78 is 10.2. The molecule has 2 aromatic carbocycles. The molecule has 0 saturated heterocycles. The van der Waals surface area contributed by atoms with Gasteiger partial charge in [-0.25, -0.2) is 0 Å². The number of Topliss-reactive ketones (excluding diaryl/α,β-unsaturated/α-hetero) is 2. The first-order valence-corrected chi connectivity index (χ1v) is 20.1. The molecule has 1 heterocycles. The number of benzene rings is 2. The van der Waals surface area contributed by atoms with E-state index in [0.717, 1.165) is 31.4 Å². The maximum atomic E-state index is 13.5. The highest BCUT2D eigenvalue weighted by molar-refractivity contribution is 6.42. The van der Waals surface area contributed by atoms with Crippen LogP contribution in [0.1, 0.15) is 170 Å². The van der Waals surface area contributed by atoms with Crippen molar-refractivity contribution < 1.29 is 38.2 Å². The monoisotopic (exact) mass is 742 g/mol. The van der Waals surface area contributed by atoms with Gasteiger partial charge in [0.2, 0.25) is 0 Å². The first kappa shape index (κ1) is 42.1. The van der Waals surface area contributed by atoms with Gasteiger partial charge in [-0.3, -0.25) is 33.7 Å². The summed E-state index contributed by atoms with van der Waals surface area (Å²) in [5.41, 5.74) is 1.94. The predicted molar refractivity (Wildman–Crippen MR) is 210 cm³/mol. The lowest BCUT2D eigenvalue weighted by atomic mass is 10.0. The third-order valence-corrected chi connectivity index (χ3v) is 10.2. The van der Waals surface area contributed by atoms with Crippen molar-refractivity contribution in [1.29, 1.82) is 0 Å². The van der Waals surface area contributed by atoms with Gasteiger partial charge in [-0.2, -0.15) is 0 Å². The van der Waals surface area contributed by atoms with E-state index in [0.29, 0.717) is 25.2 Å². The number of carbonyl (C=O) groups excluding carboxylic acids is 6. The molecule has 0 bridgehead atoms. The zero-order valence-electron chi connectivity index (χ0n) is 32.6. The van der Waals surface area contributed by atoms with Crippen molar-refractivity contribution >= 4 is 47.1 Å². The maximum Gasteiger partial charge on any atom is 0.302 e. The number of imide groups is 1. The third kappa shape index (κ3) is 12.2. The van der Waals surface area contributed by atoms with Crippen molar-refractivity contribution in [2.24, 2.45) is 0 Å². The number of anilines is 1. The van der Waals surface area contributed by atoms with E-state index in [1.807, 2.05) is 4.90 Å². The van der Waals surface area contributed by atoms with Crippen molar-refractivity contribution in [1.82, 2.24) is 4.90 Å². The molecule has 2 amide bonds. The van der Waals surface area contributed by atoms with Crippen molar-refractivity contribution in [3.63, 3.8) is 0 Å². The summed E-state index contributed by atoms with van der Waals surface area (Å²) in [6.07, 6.45) is 21.4. The Morgan fingerprint density at radius 1 is 0.593 bits per heavy atom. The first-order chi connectivity index (χ1) is 26.1. The summed E-state index contributed by atoms with van der Waals surface area (Å²) in [5.74, 6) is -2.60. The average molecular weight is 743 g/mol. The standard InChI is InChI=1S/C44H58N2O8/c1-4-5-6-7-8-9-10-11-12-13-14-15-16-17-18-19-24-46-43(51)38-30-36-37(31-39(38)44(46)52)42(50)40(41(36)49)29-34-20-22-35(23-21-34)45(25-27-53-32(2)47)26-28-54-33(3)48/h20-23,29-31H,4-19,24-28H2,1-3H3. The zero-order valence-corrected chi connectivity index (χ0v) is 32.6. The maximum absolute atomic E-state index is 13.5. The number of nitrogens with zero attached hydrogens (tertiary/aromatic N) is 2. The van der Waals surface area contributed by atoms with Crippen molar-refractivity contribution in [3.8, 4) is 0 Å². The summed E-state index contributed by atoms with van der Waals surface area (Å²) >= 11 is 0. The molecule has 10 heteroatoms. The smallest absolute Gasteiger partial charge is 0.302 e. The Kier molecular flexibility index (Phi) is 17.1. The average Bonchev–Trinajstić information content (AvgIpc) is 3.52. The van der Waals surface area contributed by atoms with Crippen LogP contribution in [0.25, 0.3) is 6.08 Å². The summed E-state index contributed by atoms with van der Waals surface area (Å²) in [5, 5.41) is 0. The molecule has 2 aromatic rings. The fraction of sp³-hybridized carbons (Fsp3) is 0.545. The van der Waals surface area contributed by atoms with Gasteiger partial charge in [-0.1, -0.05) is 115 Å². The molecule has 4 rings (SSSR count). The number of ether oxygens (including phenoxy) is 2. The van der Waals surface area contributed by atoms with E-state index in [4.69, 9.17) is 9.47 Å². The summed E-state index contributed by atoms with van der Waals surface area (Å²) in [4.78, 5) is 79.1. The number of unbranched alkanes of at least 4 members (excludes halogenated alkanes) is 15. The Balaban J connectivity index is 1.24. The molecule has 1 aliphatic heterocycles. The normalized spacial score (nSPS) is 13.4. The Hall–Kier alpha value is -4.60. The number of esters is 2. The number of allylic oxidation sites excluding steroid dienone is 1. The SMILES string of the molecule is CCCCCCCCCCCCCCCCCCN1C(=O)c2cc3c(cc2C1=O)C(=O)C(=Cc1ccc(N(CCOC(C)=O)CCOC(C)=O)cc1)C3=O. The molecule has 10 nitrogen and oxygen atoms in total. The largest absolute Gasteiger partial charge is 0.464 e. The van der Waals surface area contributed by atoms with Crippen LogP contribution in [-0.2, 0) is 19.1 Å². The molecule has 0 unspecified atom stereocenters. The third-order valence-electron chi connectivity index (χ3n) is 10.2. The van der Waals surface area contributed by atoms with E-state index in [-0.39, 0.29) is 41.0 Å². The molecule has 54 heavy (non-hydrogen) atoms. The molecule has 0 fully saturated rings. The summed E-state index contributed by atoms with van der Waals surface area (Å²) in [6, 6.07) is 9.91.